The van der Waals surface area contributed by atoms with E-state index in [2.05, 4.69) is 21.4 Å². The number of aryl methyl sites for hydroxylation is 1. The van der Waals surface area contributed by atoms with E-state index in [1.807, 2.05) is 12.5 Å². The van der Waals surface area contributed by atoms with Gasteiger partial charge < -0.3 is 9.67 Å². The van der Waals surface area contributed by atoms with Gasteiger partial charge in [0.25, 0.3) is 0 Å². The molecule has 0 spiro atoms. The minimum Gasteiger partial charge on any atom is -0.395 e. The quantitative estimate of drug-likeness (QED) is 0.755. The largest absolute Gasteiger partial charge is 0.395 e. The van der Waals surface area contributed by atoms with Crippen LogP contribution in [0.3, 0.4) is 0 Å². The molecule has 0 aromatic carbocycles. The van der Waals surface area contributed by atoms with Gasteiger partial charge in [-0.2, -0.15) is 0 Å². The van der Waals surface area contributed by atoms with Crippen molar-refractivity contribution in [3.8, 4) is 0 Å². The summed E-state index contributed by atoms with van der Waals surface area (Å²) in [6, 6.07) is 0.692. The Morgan fingerprint density at radius 2 is 2.40 bits per heavy atom. The molecule has 0 unspecified atom stereocenters. The lowest BCUT2D eigenvalue weighted by Crippen LogP contribution is -2.29. The van der Waals surface area contributed by atoms with Crippen LogP contribution in [0.1, 0.15) is 25.5 Å². The van der Waals surface area contributed by atoms with Crippen LogP contribution in [0.4, 0.5) is 0 Å². The molecule has 0 bridgehead atoms. The fourth-order valence-electron chi connectivity index (χ4n) is 1.93. The maximum absolute atomic E-state index is 9.00. The summed E-state index contributed by atoms with van der Waals surface area (Å²) >= 11 is 0. The molecule has 2 rings (SSSR count). The second-order valence-electron chi connectivity index (χ2n) is 4.10. The molecule has 0 amide bonds. The fourth-order valence-corrected chi connectivity index (χ4v) is 1.93. The Bertz CT molecular complexity index is 307. The minimum atomic E-state index is 0.247. The third kappa shape index (κ3) is 2.58. The molecule has 1 aromatic rings. The van der Waals surface area contributed by atoms with Crippen LogP contribution < -0.4 is 0 Å². The van der Waals surface area contributed by atoms with Crippen LogP contribution in [0, 0.1) is 0 Å². The summed E-state index contributed by atoms with van der Waals surface area (Å²) in [6.07, 6.45) is 6.36. The van der Waals surface area contributed by atoms with Crippen LogP contribution in [0.15, 0.2) is 12.5 Å². The van der Waals surface area contributed by atoms with E-state index in [4.69, 9.17) is 5.11 Å². The number of hydrogen-bond acceptors (Lipinski definition) is 3. The summed E-state index contributed by atoms with van der Waals surface area (Å²) in [5, 5.41) is 9.00. The summed E-state index contributed by atoms with van der Waals surface area (Å²) in [5.41, 5.74) is 1.25. The Morgan fingerprint density at radius 3 is 3.00 bits per heavy atom. The molecule has 0 atom stereocenters. The highest BCUT2D eigenvalue weighted by Crippen LogP contribution is 2.27. The van der Waals surface area contributed by atoms with Crippen molar-refractivity contribution in [2.24, 2.45) is 0 Å². The Labute approximate surface area is 90.5 Å². The molecule has 1 saturated carbocycles. The van der Waals surface area contributed by atoms with E-state index in [1.165, 1.54) is 18.5 Å². The van der Waals surface area contributed by atoms with Gasteiger partial charge in [-0.1, -0.05) is 0 Å². The maximum Gasteiger partial charge on any atom is 0.0948 e. The summed E-state index contributed by atoms with van der Waals surface area (Å²) in [5.74, 6) is 0. The zero-order valence-corrected chi connectivity index (χ0v) is 9.26. The average molecular weight is 209 g/mol. The molecule has 15 heavy (non-hydrogen) atoms. The van der Waals surface area contributed by atoms with Crippen LogP contribution in [0.25, 0.3) is 0 Å². The van der Waals surface area contributed by atoms with Crippen molar-refractivity contribution in [3.63, 3.8) is 0 Å². The molecule has 0 radical (unpaired) electrons. The molecule has 4 heteroatoms. The van der Waals surface area contributed by atoms with Crippen molar-refractivity contribution >= 4 is 0 Å². The lowest BCUT2D eigenvalue weighted by Gasteiger charge is -2.21. The predicted octanol–water partition coefficient (Wildman–Crippen LogP) is 0.860. The zero-order chi connectivity index (χ0) is 10.7. The van der Waals surface area contributed by atoms with Gasteiger partial charge >= 0.3 is 0 Å². The van der Waals surface area contributed by atoms with Crippen LogP contribution in [-0.4, -0.2) is 38.8 Å². The van der Waals surface area contributed by atoms with E-state index in [0.29, 0.717) is 6.04 Å². The Balaban J connectivity index is 1.98. The van der Waals surface area contributed by atoms with Crippen LogP contribution in [0.5, 0.6) is 0 Å². The first-order valence-electron chi connectivity index (χ1n) is 5.69. The van der Waals surface area contributed by atoms with Crippen molar-refractivity contribution in [3.05, 3.63) is 18.2 Å². The number of imidazole rings is 1. The second kappa shape index (κ2) is 4.77. The average Bonchev–Trinajstić information content (AvgIpc) is 2.99. The van der Waals surface area contributed by atoms with Gasteiger partial charge in [0.2, 0.25) is 0 Å². The van der Waals surface area contributed by atoms with Crippen molar-refractivity contribution in [1.82, 2.24) is 14.5 Å². The van der Waals surface area contributed by atoms with Gasteiger partial charge in [0, 0.05) is 31.9 Å². The maximum atomic E-state index is 9.00. The van der Waals surface area contributed by atoms with Gasteiger partial charge in [0.05, 0.1) is 18.6 Å². The second-order valence-corrected chi connectivity index (χ2v) is 4.10. The fraction of sp³-hybridized carbons (Fsp3) is 0.727. The molecule has 84 valence electrons. The van der Waals surface area contributed by atoms with Crippen molar-refractivity contribution in [2.45, 2.75) is 38.9 Å². The number of aliphatic hydroxyl groups is 1. The molecule has 1 aliphatic carbocycles. The van der Waals surface area contributed by atoms with Crippen molar-refractivity contribution in [2.75, 3.05) is 13.2 Å². The highest BCUT2D eigenvalue weighted by Gasteiger charge is 2.28. The Hall–Kier alpha value is -0.870. The monoisotopic (exact) mass is 209 g/mol. The third-order valence-electron chi connectivity index (χ3n) is 2.95. The van der Waals surface area contributed by atoms with E-state index in [-0.39, 0.29) is 6.61 Å². The number of aliphatic hydroxyl groups excluding tert-OH is 1. The van der Waals surface area contributed by atoms with Gasteiger partial charge in [-0.05, 0) is 19.8 Å². The Kier molecular flexibility index (Phi) is 3.38. The number of nitrogens with zero attached hydrogens (tertiary/aromatic N) is 3. The van der Waals surface area contributed by atoms with Crippen molar-refractivity contribution < 1.29 is 5.11 Å². The lowest BCUT2D eigenvalue weighted by molar-refractivity contribution is 0.180. The first-order chi connectivity index (χ1) is 7.35. The SMILES string of the molecule is CCn1cncc1CN(CCO)C1CC1. The molecule has 1 heterocycles. The topological polar surface area (TPSA) is 41.3 Å². The molecule has 1 aromatic heterocycles. The number of hydrogen-bond donors (Lipinski definition) is 1. The molecule has 1 N–H and O–H groups in total. The van der Waals surface area contributed by atoms with Crippen LogP contribution in [0.2, 0.25) is 0 Å². The van der Waals surface area contributed by atoms with E-state index in [9.17, 15) is 0 Å². The van der Waals surface area contributed by atoms with Crippen molar-refractivity contribution in [1.29, 1.82) is 0 Å². The predicted molar refractivity (Wildman–Crippen MR) is 58.4 cm³/mol. The van der Waals surface area contributed by atoms with Gasteiger partial charge in [0.15, 0.2) is 0 Å². The molecule has 4 nitrogen and oxygen atoms in total. The molecule has 1 aliphatic rings. The first-order valence-corrected chi connectivity index (χ1v) is 5.69. The highest BCUT2D eigenvalue weighted by atomic mass is 16.3. The Morgan fingerprint density at radius 1 is 1.60 bits per heavy atom. The first kappa shape index (κ1) is 10.6. The van der Waals surface area contributed by atoms with E-state index < -0.39 is 0 Å². The van der Waals surface area contributed by atoms with Gasteiger partial charge in [-0.15, -0.1) is 0 Å². The van der Waals surface area contributed by atoms with E-state index in [0.717, 1.165) is 19.6 Å². The number of aromatic nitrogens is 2. The molecule has 0 saturated heterocycles. The van der Waals surface area contributed by atoms with E-state index in [1.54, 1.807) is 0 Å². The lowest BCUT2D eigenvalue weighted by atomic mass is 10.3. The summed E-state index contributed by atoms with van der Waals surface area (Å²) in [4.78, 5) is 6.51. The van der Waals surface area contributed by atoms with Gasteiger partial charge in [-0.3, -0.25) is 4.90 Å². The van der Waals surface area contributed by atoms with Crippen LogP contribution >= 0.6 is 0 Å². The number of rotatable bonds is 6. The molecule has 0 aliphatic heterocycles. The standard InChI is InChI=1S/C11H19N3O/c1-2-13-9-12-7-11(13)8-14(5-6-15)10-3-4-10/h7,9-10,15H,2-6,8H2,1H3. The zero-order valence-electron chi connectivity index (χ0n) is 9.26. The summed E-state index contributed by atoms with van der Waals surface area (Å²) in [6.45, 7) is 5.03. The normalized spacial score (nSPS) is 16.2. The smallest absolute Gasteiger partial charge is 0.0948 e. The van der Waals surface area contributed by atoms with Gasteiger partial charge in [0.1, 0.15) is 0 Å². The molecule has 1 fully saturated rings. The third-order valence-corrected chi connectivity index (χ3v) is 2.95. The van der Waals surface area contributed by atoms with Crippen LogP contribution in [-0.2, 0) is 13.1 Å². The summed E-state index contributed by atoms with van der Waals surface area (Å²) < 4.78 is 2.16. The molecular weight excluding hydrogens is 190 g/mol. The minimum absolute atomic E-state index is 0.247. The summed E-state index contributed by atoms with van der Waals surface area (Å²) in [7, 11) is 0. The highest BCUT2D eigenvalue weighted by molar-refractivity contribution is 5.00. The van der Waals surface area contributed by atoms with Gasteiger partial charge in [-0.25, -0.2) is 4.98 Å². The van der Waals surface area contributed by atoms with E-state index >= 15 is 0 Å². The molecular formula is C11H19N3O.